The van der Waals surface area contributed by atoms with E-state index in [-0.39, 0.29) is 5.78 Å². The molecule has 0 N–H and O–H groups in total. The Bertz CT molecular complexity index is 751. The molecule has 1 unspecified atom stereocenters. The van der Waals surface area contributed by atoms with Gasteiger partial charge < -0.3 is 14.2 Å². The minimum Gasteiger partial charge on any atom is -0.496 e. The van der Waals surface area contributed by atoms with Crippen LogP contribution < -0.4 is 9.47 Å². The average Bonchev–Trinajstić information content (AvgIpc) is 2.89. The SMILES string of the molecule is CC=C(C)C(=O)OC(C)c1cc2c(cc1OC)OC(=C(C)C)C2=O. The van der Waals surface area contributed by atoms with Crippen molar-refractivity contribution >= 4 is 11.8 Å². The van der Waals surface area contributed by atoms with Gasteiger partial charge in [-0.25, -0.2) is 4.79 Å². The summed E-state index contributed by atoms with van der Waals surface area (Å²) in [6.07, 6.45) is 1.13. The second kappa shape index (κ2) is 6.91. The first kappa shape index (κ1) is 17.8. The van der Waals surface area contributed by atoms with Crippen LogP contribution in [0.3, 0.4) is 0 Å². The first-order chi connectivity index (χ1) is 11.3. The quantitative estimate of drug-likeness (QED) is 0.613. The Hall–Kier alpha value is -2.56. The van der Waals surface area contributed by atoms with Gasteiger partial charge in [-0.2, -0.15) is 0 Å². The standard InChI is InChI=1S/C19H22O5/c1-7-11(4)19(21)23-12(5)13-8-14-16(9-15(13)22-6)24-18(10(2)3)17(14)20/h7-9,12H,1-6H3. The molecule has 0 radical (unpaired) electrons. The Kier molecular flexibility index (Phi) is 5.12. The van der Waals surface area contributed by atoms with Crippen molar-refractivity contribution in [1.82, 2.24) is 0 Å². The summed E-state index contributed by atoms with van der Waals surface area (Å²) in [5, 5.41) is 0. The zero-order valence-electron chi connectivity index (χ0n) is 14.9. The van der Waals surface area contributed by atoms with E-state index in [1.807, 2.05) is 13.8 Å². The fraction of sp³-hybridized carbons (Fsp3) is 0.368. The second-order valence-electron chi connectivity index (χ2n) is 5.87. The van der Waals surface area contributed by atoms with Crippen molar-refractivity contribution in [3.63, 3.8) is 0 Å². The summed E-state index contributed by atoms with van der Waals surface area (Å²) in [7, 11) is 1.52. The van der Waals surface area contributed by atoms with E-state index in [1.165, 1.54) is 7.11 Å². The van der Waals surface area contributed by atoms with Crippen LogP contribution in [0.5, 0.6) is 11.5 Å². The number of ketones is 1. The van der Waals surface area contributed by atoms with Gasteiger partial charge in [0.05, 0.1) is 12.7 Å². The summed E-state index contributed by atoms with van der Waals surface area (Å²) in [4.78, 5) is 24.4. The number of hydrogen-bond acceptors (Lipinski definition) is 5. The fourth-order valence-electron chi connectivity index (χ4n) is 2.38. The number of esters is 1. The molecule has 1 aromatic rings. The first-order valence-electron chi connectivity index (χ1n) is 7.76. The van der Waals surface area contributed by atoms with Gasteiger partial charge in [-0.1, -0.05) is 6.08 Å². The first-order valence-corrected chi connectivity index (χ1v) is 7.76. The van der Waals surface area contributed by atoms with Gasteiger partial charge in [0.2, 0.25) is 5.78 Å². The highest BCUT2D eigenvalue weighted by molar-refractivity contribution is 6.12. The highest BCUT2D eigenvalue weighted by Gasteiger charge is 2.31. The minimum absolute atomic E-state index is 0.169. The van der Waals surface area contributed by atoms with E-state index in [4.69, 9.17) is 14.2 Å². The Morgan fingerprint density at radius 1 is 1.25 bits per heavy atom. The molecule has 0 fully saturated rings. The third-order valence-corrected chi connectivity index (χ3v) is 3.93. The summed E-state index contributed by atoms with van der Waals surface area (Å²) < 4.78 is 16.5. The van der Waals surface area contributed by atoms with Gasteiger partial charge in [-0.15, -0.1) is 0 Å². The summed E-state index contributed by atoms with van der Waals surface area (Å²) in [6, 6.07) is 3.33. The molecule has 128 valence electrons. The summed E-state index contributed by atoms with van der Waals surface area (Å²) in [6.45, 7) is 8.85. The van der Waals surface area contributed by atoms with E-state index in [9.17, 15) is 9.59 Å². The number of allylic oxidation sites excluding steroid dienone is 3. The number of rotatable bonds is 4. The van der Waals surface area contributed by atoms with Crippen molar-refractivity contribution in [2.75, 3.05) is 7.11 Å². The zero-order chi connectivity index (χ0) is 18.0. The Labute approximate surface area is 141 Å². The number of Topliss-reactive ketones (excluding diaryl/α,β-unsaturated/α-hetero) is 1. The van der Waals surface area contributed by atoms with Crippen LogP contribution in [0, 0.1) is 0 Å². The van der Waals surface area contributed by atoms with Crippen molar-refractivity contribution < 1.29 is 23.8 Å². The van der Waals surface area contributed by atoms with Gasteiger partial charge in [0.25, 0.3) is 0 Å². The van der Waals surface area contributed by atoms with E-state index in [1.54, 1.807) is 39.0 Å². The van der Waals surface area contributed by atoms with Crippen LogP contribution in [0.15, 0.2) is 35.1 Å². The molecule has 1 aliphatic rings. The summed E-state index contributed by atoms with van der Waals surface area (Å²) >= 11 is 0. The minimum atomic E-state index is -0.559. The molecular weight excluding hydrogens is 308 g/mol. The predicted molar refractivity (Wildman–Crippen MR) is 90.3 cm³/mol. The maximum Gasteiger partial charge on any atom is 0.333 e. The van der Waals surface area contributed by atoms with Crippen LogP contribution in [0.4, 0.5) is 0 Å². The largest absolute Gasteiger partial charge is 0.496 e. The molecule has 0 aliphatic carbocycles. The van der Waals surface area contributed by atoms with E-state index >= 15 is 0 Å². The number of benzene rings is 1. The number of fused-ring (bicyclic) bond motifs is 1. The lowest BCUT2D eigenvalue weighted by atomic mass is 10.0. The van der Waals surface area contributed by atoms with Crippen molar-refractivity contribution in [2.45, 2.75) is 40.7 Å². The molecule has 24 heavy (non-hydrogen) atoms. The number of carbonyl (C=O) groups is 2. The van der Waals surface area contributed by atoms with Gasteiger partial charge in [0.1, 0.15) is 17.6 Å². The lowest BCUT2D eigenvalue weighted by Gasteiger charge is -2.17. The summed E-state index contributed by atoms with van der Waals surface area (Å²) in [5.41, 5.74) is 2.40. The van der Waals surface area contributed by atoms with E-state index in [0.29, 0.717) is 34.0 Å². The van der Waals surface area contributed by atoms with Crippen molar-refractivity contribution in [1.29, 1.82) is 0 Å². The van der Waals surface area contributed by atoms with Gasteiger partial charge in [0, 0.05) is 17.2 Å². The van der Waals surface area contributed by atoms with Gasteiger partial charge in [0.15, 0.2) is 5.76 Å². The monoisotopic (exact) mass is 330 g/mol. The molecule has 1 aliphatic heterocycles. The molecule has 0 saturated heterocycles. The third-order valence-electron chi connectivity index (χ3n) is 3.93. The van der Waals surface area contributed by atoms with Crippen LogP contribution in [-0.4, -0.2) is 18.9 Å². The predicted octanol–water partition coefficient (Wildman–Crippen LogP) is 4.13. The average molecular weight is 330 g/mol. The van der Waals surface area contributed by atoms with Crippen molar-refractivity contribution in [2.24, 2.45) is 0 Å². The Balaban J connectivity index is 2.41. The molecule has 1 heterocycles. The topological polar surface area (TPSA) is 61.8 Å². The number of ether oxygens (including phenoxy) is 3. The van der Waals surface area contributed by atoms with Crippen LogP contribution in [-0.2, 0) is 9.53 Å². The lowest BCUT2D eigenvalue weighted by Crippen LogP contribution is -2.11. The molecule has 5 heteroatoms. The zero-order valence-corrected chi connectivity index (χ0v) is 14.9. The maximum atomic E-state index is 12.4. The molecular formula is C19H22O5. The van der Waals surface area contributed by atoms with Crippen LogP contribution >= 0.6 is 0 Å². The Morgan fingerprint density at radius 2 is 1.92 bits per heavy atom. The molecule has 1 aromatic carbocycles. The maximum absolute atomic E-state index is 12.4. The fourth-order valence-corrected chi connectivity index (χ4v) is 2.38. The molecule has 1 atom stereocenters. The molecule has 0 amide bonds. The molecule has 0 saturated carbocycles. The second-order valence-corrected chi connectivity index (χ2v) is 5.87. The van der Waals surface area contributed by atoms with Gasteiger partial charge >= 0.3 is 5.97 Å². The number of carbonyl (C=O) groups excluding carboxylic acids is 2. The van der Waals surface area contributed by atoms with Gasteiger partial charge in [-0.3, -0.25) is 4.79 Å². The normalized spacial score (nSPS) is 14.8. The van der Waals surface area contributed by atoms with Gasteiger partial charge in [-0.05, 0) is 46.3 Å². The lowest BCUT2D eigenvalue weighted by molar-refractivity contribution is -0.143. The van der Waals surface area contributed by atoms with Crippen molar-refractivity contribution in [3.8, 4) is 11.5 Å². The Morgan fingerprint density at radius 3 is 2.46 bits per heavy atom. The highest BCUT2D eigenvalue weighted by Crippen LogP contribution is 2.40. The molecule has 0 bridgehead atoms. The molecule has 2 rings (SSSR count). The van der Waals surface area contributed by atoms with Crippen LogP contribution in [0.2, 0.25) is 0 Å². The van der Waals surface area contributed by atoms with E-state index in [2.05, 4.69) is 0 Å². The highest BCUT2D eigenvalue weighted by atomic mass is 16.5. The van der Waals surface area contributed by atoms with Crippen LogP contribution in [0.1, 0.15) is 56.6 Å². The smallest absolute Gasteiger partial charge is 0.333 e. The number of methoxy groups -OCH3 is 1. The van der Waals surface area contributed by atoms with E-state index in [0.717, 1.165) is 5.57 Å². The molecule has 5 nitrogen and oxygen atoms in total. The van der Waals surface area contributed by atoms with Crippen LogP contribution in [0.25, 0.3) is 0 Å². The molecule has 0 aromatic heterocycles. The summed E-state index contributed by atoms with van der Waals surface area (Å²) in [5.74, 6) is 0.728. The number of hydrogen-bond donors (Lipinski definition) is 0. The third kappa shape index (κ3) is 3.20. The molecule has 0 spiro atoms. The van der Waals surface area contributed by atoms with Crippen molar-refractivity contribution in [3.05, 3.63) is 46.2 Å². The van der Waals surface area contributed by atoms with E-state index < -0.39 is 12.1 Å².